The van der Waals surface area contributed by atoms with Crippen LogP contribution in [0.3, 0.4) is 0 Å². The molecule has 0 aromatic heterocycles. The molecule has 8 heteroatoms. The van der Waals surface area contributed by atoms with Crippen molar-refractivity contribution in [1.29, 1.82) is 0 Å². The third kappa shape index (κ3) is 4.83. The van der Waals surface area contributed by atoms with Crippen LogP contribution < -0.4 is 0 Å². The van der Waals surface area contributed by atoms with Crippen molar-refractivity contribution < 1.29 is 24.2 Å². The highest BCUT2D eigenvalue weighted by atomic mass is 16.5. The van der Waals surface area contributed by atoms with E-state index in [4.69, 9.17) is 4.74 Å². The predicted octanol–water partition coefficient (Wildman–Crippen LogP) is 3.40. The molecule has 3 fully saturated rings. The molecule has 0 saturated carbocycles. The van der Waals surface area contributed by atoms with Gasteiger partial charge in [0.15, 0.2) is 0 Å². The van der Waals surface area contributed by atoms with E-state index in [0.29, 0.717) is 45.3 Å². The van der Waals surface area contributed by atoms with Gasteiger partial charge in [0.05, 0.1) is 30.1 Å². The number of ether oxygens (including phenoxy) is 1. The van der Waals surface area contributed by atoms with Crippen molar-refractivity contribution in [2.24, 2.45) is 17.8 Å². The molecule has 1 spiro atoms. The Kier molecular flexibility index (Phi) is 9.51. The Hall–Kier alpha value is -2.19. The van der Waals surface area contributed by atoms with Crippen molar-refractivity contribution >= 4 is 17.7 Å². The first-order valence-corrected chi connectivity index (χ1v) is 14.4. The number of aliphatic hydroxyl groups excluding tert-OH is 1. The summed E-state index contributed by atoms with van der Waals surface area (Å²) in [5.41, 5.74) is -1.89. The van der Waals surface area contributed by atoms with E-state index in [2.05, 4.69) is 13.2 Å². The average molecular weight is 532 g/mol. The number of fused-ring (bicyclic) bond motifs is 1. The van der Waals surface area contributed by atoms with Crippen molar-refractivity contribution in [3.63, 3.8) is 0 Å². The number of likely N-dealkylation sites (tertiary alicyclic amines) is 1. The van der Waals surface area contributed by atoms with Crippen LogP contribution in [0, 0.1) is 17.8 Å². The van der Waals surface area contributed by atoms with Crippen LogP contribution in [0.4, 0.5) is 0 Å². The summed E-state index contributed by atoms with van der Waals surface area (Å²) in [4.78, 5) is 48.2. The van der Waals surface area contributed by atoms with Crippen LogP contribution >= 0.6 is 0 Å². The van der Waals surface area contributed by atoms with E-state index < -0.39 is 35.1 Å². The van der Waals surface area contributed by atoms with Crippen LogP contribution in [0.25, 0.3) is 0 Å². The number of nitrogens with zero attached hydrogens (tertiary/aromatic N) is 3. The van der Waals surface area contributed by atoms with E-state index in [1.165, 1.54) is 0 Å². The van der Waals surface area contributed by atoms with Crippen LogP contribution in [0.15, 0.2) is 25.3 Å². The fourth-order valence-corrected chi connectivity index (χ4v) is 7.29. The Morgan fingerprint density at radius 2 is 1.79 bits per heavy atom. The molecule has 3 aliphatic heterocycles. The smallest absolute Gasteiger partial charge is 0.248 e. The van der Waals surface area contributed by atoms with Gasteiger partial charge in [-0.25, -0.2) is 0 Å². The second-order valence-corrected chi connectivity index (χ2v) is 12.0. The highest BCUT2D eigenvalue weighted by Gasteiger charge is 2.79. The summed E-state index contributed by atoms with van der Waals surface area (Å²) in [7, 11) is 0. The maximum Gasteiger partial charge on any atom is 0.248 e. The minimum atomic E-state index is -1.10. The van der Waals surface area contributed by atoms with Crippen molar-refractivity contribution in [2.75, 3.05) is 26.2 Å². The molecule has 38 heavy (non-hydrogen) atoms. The summed E-state index contributed by atoms with van der Waals surface area (Å²) in [5, 5.41) is 10.5. The first-order valence-electron chi connectivity index (χ1n) is 14.4. The van der Waals surface area contributed by atoms with E-state index in [0.717, 1.165) is 6.42 Å². The zero-order valence-corrected chi connectivity index (χ0v) is 24.3. The lowest BCUT2D eigenvalue weighted by molar-refractivity contribution is -0.159. The predicted molar refractivity (Wildman–Crippen MR) is 148 cm³/mol. The van der Waals surface area contributed by atoms with Gasteiger partial charge >= 0.3 is 0 Å². The molecule has 0 aliphatic carbocycles. The third-order valence-electron chi connectivity index (χ3n) is 8.85. The van der Waals surface area contributed by atoms with Gasteiger partial charge in [0.1, 0.15) is 11.6 Å². The van der Waals surface area contributed by atoms with Gasteiger partial charge < -0.3 is 24.5 Å². The molecule has 3 saturated heterocycles. The Morgan fingerprint density at radius 3 is 2.29 bits per heavy atom. The van der Waals surface area contributed by atoms with Gasteiger partial charge in [0.25, 0.3) is 0 Å². The molecule has 0 radical (unpaired) electrons. The van der Waals surface area contributed by atoms with Gasteiger partial charge in [-0.15, -0.1) is 13.2 Å². The van der Waals surface area contributed by atoms with Gasteiger partial charge in [0.2, 0.25) is 17.7 Å². The van der Waals surface area contributed by atoms with E-state index in [-0.39, 0.29) is 36.3 Å². The lowest BCUT2D eigenvalue weighted by Gasteiger charge is -2.41. The highest BCUT2D eigenvalue weighted by molar-refractivity contribution is 5.99. The van der Waals surface area contributed by atoms with Crippen LogP contribution in [0.5, 0.6) is 0 Å². The molecule has 214 valence electrons. The molecule has 8 nitrogen and oxygen atoms in total. The first kappa shape index (κ1) is 30.4. The zero-order valence-electron chi connectivity index (χ0n) is 24.3. The molecule has 2 unspecified atom stereocenters. The van der Waals surface area contributed by atoms with Crippen LogP contribution in [0.2, 0.25) is 0 Å². The van der Waals surface area contributed by atoms with Gasteiger partial charge in [-0.05, 0) is 51.9 Å². The third-order valence-corrected chi connectivity index (χ3v) is 8.85. The van der Waals surface area contributed by atoms with E-state index in [9.17, 15) is 19.5 Å². The number of hydrogen-bond donors (Lipinski definition) is 1. The Labute approximate surface area is 229 Å². The Bertz CT molecular complexity index is 920. The van der Waals surface area contributed by atoms with Crippen LogP contribution in [0.1, 0.15) is 73.6 Å². The van der Waals surface area contributed by atoms with Crippen molar-refractivity contribution in [1.82, 2.24) is 14.7 Å². The van der Waals surface area contributed by atoms with E-state index in [1.807, 2.05) is 41.5 Å². The lowest BCUT2D eigenvalue weighted by atomic mass is 9.64. The van der Waals surface area contributed by atoms with Gasteiger partial charge in [0, 0.05) is 25.7 Å². The zero-order chi connectivity index (χ0) is 28.4. The van der Waals surface area contributed by atoms with Crippen LogP contribution in [-0.2, 0) is 19.1 Å². The van der Waals surface area contributed by atoms with Crippen molar-refractivity contribution in [2.45, 2.75) is 103 Å². The van der Waals surface area contributed by atoms with Crippen molar-refractivity contribution in [3.8, 4) is 0 Å². The summed E-state index contributed by atoms with van der Waals surface area (Å²) in [6.45, 7) is 20.7. The number of rotatable bonds is 14. The Morgan fingerprint density at radius 1 is 1.13 bits per heavy atom. The number of hydrogen-bond acceptors (Lipinski definition) is 5. The largest absolute Gasteiger partial charge is 0.394 e. The molecule has 0 aromatic rings. The van der Waals surface area contributed by atoms with E-state index in [1.54, 1.807) is 26.9 Å². The van der Waals surface area contributed by atoms with Crippen LogP contribution in [-0.4, -0.2) is 93.1 Å². The fourth-order valence-electron chi connectivity index (χ4n) is 7.29. The molecule has 1 N–H and O–H groups in total. The number of amides is 3. The molecule has 3 heterocycles. The molecule has 3 amide bonds. The Balaban J connectivity index is 2.19. The summed E-state index contributed by atoms with van der Waals surface area (Å²) in [6.07, 6.45) is 6.47. The molecule has 6 atom stereocenters. The normalized spacial score (nSPS) is 30.6. The SMILES string of the molecule is C=CCN(CCC)C(=O)[C@@H]1[C@H]2C(=O)N([C@@H](CO)CC(C)C)C(C(=O)N(CC=C)C(C)C)C23CC[C@@]1(CC)O3. The average Bonchev–Trinajstić information content (AvgIpc) is 3.48. The summed E-state index contributed by atoms with van der Waals surface area (Å²) in [5.74, 6) is -1.78. The fraction of sp³-hybridized carbons (Fsp3) is 0.767. The molecular formula is C30H49N3O5. The first-order chi connectivity index (χ1) is 18.0. The number of carbonyl (C=O) groups excluding carboxylic acids is 3. The molecule has 3 aliphatic rings. The minimum absolute atomic E-state index is 0.0993. The molecular weight excluding hydrogens is 482 g/mol. The number of carbonyl (C=O) groups is 3. The molecule has 0 aromatic carbocycles. The summed E-state index contributed by atoms with van der Waals surface area (Å²) >= 11 is 0. The maximum atomic E-state index is 14.5. The highest BCUT2D eigenvalue weighted by Crippen LogP contribution is 2.65. The number of aliphatic hydroxyl groups is 1. The quantitative estimate of drug-likeness (QED) is 0.347. The topological polar surface area (TPSA) is 90.4 Å². The standard InChI is InChI=1S/C30H49N3O5/c1-9-15-31(16-10-2)26(35)23-24-27(36)33(22(19-34)18-20(5)6)25(28(37)32(17-11-3)21(7)8)30(24)14-13-29(23,12-4)38-30/h9,11,20-25,34H,1,3,10,12-19H2,2,4-8H3/t22-,23+,24+,25?,29-,30?/m1/s1. The maximum absolute atomic E-state index is 14.5. The summed E-state index contributed by atoms with van der Waals surface area (Å²) < 4.78 is 6.91. The minimum Gasteiger partial charge on any atom is -0.394 e. The summed E-state index contributed by atoms with van der Waals surface area (Å²) in [6, 6.07) is -1.55. The second-order valence-electron chi connectivity index (χ2n) is 12.0. The van der Waals surface area contributed by atoms with Gasteiger partial charge in [-0.1, -0.05) is 39.8 Å². The van der Waals surface area contributed by atoms with Gasteiger partial charge in [-0.2, -0.15) is 0 Å². The monoisotopic (exact) mass is 531 g/mol. The molecule has 2 bridgehead atoms. The lowest BCUT2D eigenvalue weighted by Crippen LogP contribution is -2.60. The van der Waals surface area contributed by atoms with Crippen molar-refractivity contribution in [3.05, 3.63) is 25.3 Å². The molecule has 3 rings (SSSR count). The second kappa shape index (κ2) is 11.9. The van der Waals surface area contributed by atoms with Gasteiger partial charge in [-0.3, -0.25) is 14.4 Å². The van der Waals surface area contributed by atoms with E-state index >= 15 is 0 Å².